The zero-order chi connectivity index (χ0) is 10.4. The van der Waals surface area contributed by atoms with Gasteiger partial charge in [-0.1, -0.05) is 13.8 Å². The molecule has 0 rings (SSSR count). The number of nitrogens with two attached hydrogens (primary N) is 1. The number of rotatable bonds is 6. The quantitative estimate of drug-likeness (QED) is 0.683. The van der Waals surface area contributed by atoms with Crippen LogP contribution in [0.25, 0.3) is 0 Å². The fraction of sp³-hybridized carbons (Fsp3) is 0.900. The van der Waals surface area contributed by atoms with Gasteiger partial charge in [0.15, 0.2) is 5.78 Å². The van der Waals surface area contributed by atoms with E-state index in [1.54, 1.807) is 6.92 Å². The van der Waals surface area contributed by atoms with Crippen molar-refractivity contribution in [3.63, 3.8) is 0 Å². The standard InChI is InChI=1S/C10H21NO2/c1-7(2)5-6-9(11)10(12)8(3)13-4/h7-9H,5-6,11H2,1-4H3. The molecule has 0 aliphatic heterocycles. The van der Waals surface area contributed by atoms with Gasteiger partial charge in [0.05, 0.1) is 6.04 Å². The summed E-state index contributed by atoms with van der Waals surface area (Å²) in [5, 5.41) is 0. The summed E-state index contributed by atoms with van der Waals surface area (Å²) in [6, 6.07) is -0.364. The molecule has 0 aliphatic carbocycles. The van der Waals surface area contributed by atoms with Crippen LogP contribution in [-0.2, 0) is 9.53 Å². The Morgan fingerprint density at radius 3 is 2.23 bits per heavy atom. The van der Waals surface area contributed by atoms with Gasteiger partial charge in [-0.25, -0.2) is 0 Å². The summed E-state index contributed by atoms with van der Waals surface area (Å²) in [5.41, 5.74) is 5.71. The molecule has 13 heavy (non-hydrogen) atoms. The fourth-order valence-corrected chi connectivity index (χ4v) is 1.07. The lowest BCUT2D eigenvalue weighted by Gasteiger charge is -2.15. The first-order valence-corrected chi connectivity index (χ1v) is 4.81. The minimum atomic E-state index is -0.373. The first-order valence-electron chi connectivity index (χ1n) is 4.81. The molecule has 78 valence electrons. The molecule has 0 fully saturated rings. The molecule has 0 radical (unpaired) electrons. The first kappa shape index (κ1) is 12.6. The van der Waals surface area contributed by atoms with Gasteiger partial charge in [0.25, 0.3) is 0 Å². The molecule has 2 atom stereocenters. The van der Waals surface area contributed by atoms with Crippen molar-refractivity contribution in [1.29, 1.82) is 0 Å². The van der Waals surface area contributed by atoms with Crippen molar-refractivity contribution in [3.05, 3.63) is 0 Å². The van der Waals surface area contributed by atoms with E-state index in [0.717, 1.165) is 12.8 Å². The van der Waals surface area contributed by atoms with Gasteiger partial charge < -0.3 is 10.5 Å². The molecule has 2 unspecified atom stereocenters. The second-order valence-electron chi connectivity index (χ2n) is 3.86. The van der Waals surface area contributed by atoms with Gasteiger partial charge in [-0.05, 0) is 25.7 Å². The summed E-state index contributed by atoms with van der Waals surface area (Å²) in [6.07, 6.45) is 1.37. The van der Waals surface area contributed by atoms with E-state index >= 15 is 0 Å². The number of methoxy groups -OCH3 is 1. The van der Waals surface area contributed by atoms with E-state index in [0.29, 0.717) is 5.92 Å². The molecule has 0 aromatic heterocycles. The summed E-state index contributed by atoms with van der Waals surface area (Å²) in [7, 11) is 1.53. The van der Waals surface area contributed by atoms with Crippen molar-refractivity contribution in [2.75, 3.05) is 7.11 Å². The molecule has 0 spiro atoms. The molecule has 0 bridgehead atoms. The highest BCUT2D eigenvalue weighted by Crippen LogP contribution is 2.07. The molecule has 0 amide bonds. The maximum Gasteiger partial charge on any atom is 0.177 e. The Morgan fingerprint density at radius 1 is 1.31 bits per heavy atom. The lowest BCUT2D eigenvalue weighted by atomic mass is 9.99. The zero-order valence-electron chi connectivity index (χ0n) is 9.04. The maximum atomic E-state index is 11.4. The van der Waals surface area contributed by atoms with E-state index < -0.39 is 0 Å². The van der Waals surface area contributed by atoms with Crippen LogP contribution in [0.15, 0.2) is 0 Å². The van der Waals surface area contributed by atoms with Crippen LogP contribution in [0.4, 0.5) is 0 Å². The van der Waals surface area contributed by atoms with Crippen LogP contribution in [0.5, 0.6) is 0 Å². The SMILES string of the molecule is COC(C)C(=O)C(N)CCC(C)C. The van der Waals surface area contributed by atoms with Gasteiger partial charge in [0.2, 0.25) is 0 Å². The van der Waals surface area contributed by atoms with Gasteiger partial charge in [-0.3, -0.25) is 4.79 Å². The predicted octanol–water partition coefficient (Wildman–Crippen LogP) is 1.35. The molecule has 3 nitrogen and oxygen atoms in total. The summed E-state index contributed by atoms with van der Waals surface area (Å²) in [6.45, 7) is 5.98. The Labute approximate surface area is 80.6 Å². The molecule has 0 aromatic carbocycles. The summed E-state index contributed by atoms with van der Waals surface area (Å²) >= 11 is 0. The number of ether oxygens (including phenoxy) is 1. The number of hydrogen-bond acceptors (Lipinski definition) is 3. The number of carbonyl (C=O) groups is 1. The molecule has 3 heteroatoms. The Hall–Kier alpha value is -0.410. The molecular formula is C10H21NO2. The third kappa shape index (κ3) is 5.01. The third-order valence-electron chi connectivity index (χ3n) is 2.17. The van der Waals surface area contributed by atoms with Crippen LogP contribution >= 0.6 is 0 Å². The number of Topliss-reactive ketones (excluding diaryl/α,β-unsaturated/α-hetero) is 1. The smallest absolute Gasteiger partial charge is 0.177 e. The van der Waals surface area contributed by atoms with Gasteiger partial charge in [-0.15, -0.1) is 0 Å². The topological polar surface area (TPSA) is 52.3 Å². The summed E-state index contributed by atoms with van der Waals surface area (Å²) in [4.78, 5) is 11.4. The molecule has 2 N–H and O–H groups in total. The van der Waals surface area contributed by atoms with Gasteiger partial charge in [0.1, 0.15) is 6.10 Å². The maximum absolute atomic E-state index is 11.4. The highest BCUT2D eigenvalue weighted by atomic mass is 16.5. The molecule has 0 saturated carbocycles. The van der Waals surface area contributed by atoms with Crippen molar-refractivity contribution >= 4 is 5.78 Å². The summed E-state index contributed by atoms with van der Waals surface area (Å²) < 4.78 is 4.91. The van der Waals surface area contributed by atoms with Crippen LogP contribution in [0.3, 0.4) is 0 Å². The molecule has 0 saturated heterocycles. The Kier molecular flexibility index (Phi) is 5.91. The van der Waals surface area contributed by atoms with Crippen molar-refractivity contribution in [1.82, 2.24) is 0 Å². The highest BCUT2D eigenvalue weighted by molar-refractivity contribution is 5.87. The van der Waals surface area contributed by atoms with E-state index in [1.807, 2.05) is 0 Å². The fourth-order valence-electron chi connectivity index (χ4n) is 1.07. The van der Waals surface area contributed by atoms with E-state index in [-0.39, 0.29) is 17.9 Å². The Morgan fingerprint density at radius 2 is 1.85 bits per heavy atom. The van der Waals surface area contributed by atoms with E-state index in [1.165, 1.54) is 7.11 Å². The van der Waals surface area contributed by atoms with Gasteiger partial charge >= 0.3 is 0 Å². The molecule has 0 aromatic rings. The monoisotopic (exact) mass is 187 g/mol. The van der Waals surface area contributed by atoms with Crippen molar-refractivity contribution in [2.45, 2.75) is 45.8 Å². The predicted molar refractivity (Wildman–Crippen MR) is 53.5 cm³/mol. The Bertz CT molecular complexity index is 157. The number of ketones is 1. The summed E-state index contributed by atoms with van der Waals surface area (Å²) in [5.74, 6) is 0.597. The van der Waals surface area contributed by atoms with Crippen LogP contribution < -0.4 is 5.73 Å². The molecular weight excluding hydrogens is 166 g/mol. The average molecular weight is 187 g/mol. The second kappa shape index (κ2) is 6.11. The average Bonchev–Trinajstić information content (AvgIpc) is 2.11. The normalized spacial score (nSPS) is 15.8. The molecule has 0 aliphatic rings. The lowest BCUT2D eigenvalue weighted by Crippen LogP contribution is -2.38. The van der Waals surface area contributed by atoms with Crippen molar-refractivity contribution in [3.8, 4) is 0 Å². The van der Waals surface area contributed by atoms with E-state index in [9.17, 15) is 4.79 Å². The highest BCUT2D eigenvalue weighted by Gasteiger charge is 2.19. The van der Waals surface area contributed by atoms with Crippen molar-refractivity contribution in [2.24, 2.45) is 11.7 Å². The van der Waals surface area contributed by atoms with Gasteiger partial charge in [-0.2, -0.15) is 0 Å². The largest absolute Gasteiger partial charge is 0.374 e. The van der Waals surface area contributed by atoms with E-state index in [4.69, 9.17) is 10.5 Å². The van der Waals surface area contributed by atoms with Crippen LogP contribution in [0.1, 0.15) is 33.6 Å². The number of hydrogen-bond donors (Lipinski definition) is 1. The zero-order valence-corrected chi connectivity index (χ0v) is 9.04. The van der Waals surface area contributed by atoms with Crippen LogP contribution in [-0.4, -0.2) is 25.0 Å². The first-order chi connectivity index (χ1) is 5.99. The Balaban J connectivity index is 3.82. The number of carbonyl (C=O) groups excluding carboxylic acids is 1. The lowest BCUT2D eigenvalue weighted by molar-refractivity contribution is -0.129. The van der Waals surface area contributed by atoms with E-state index in [2.05, 4.69) is 13.8 Å². The molecule has 0 heterocycles. The van der Waals surface area contributed by atoms with Crippen LogP contribution in [0.2, 0.25) is 0 Å². The minimum Gasteiger partial charge on any atom is -0.374 e. The van der Waals surface area contributed by atoms with Crippen molar-refractivity contribution < 1.29 is 9.53 Å². The minimum absolute atomic E-state index is 0.00292. The van der Waals surface area contributed by atoms with Crippen LogP contribution in [0, 0.1) is 5.92 Å². The van der Waals surface area contributed by atoms with Gasteiger partial charge in [0, 0.05) is 7.11 Å². The third-order valence-corrected chi connectivity index (χ3v) is 2.17. The second-order valence-corrected chi connectivity index (χ2v) is 3.86.